The van der Waals surface area contributed by atoms with Crippen LogP contribution in [-0.2, 0) is 5.41 Å². The molecule has 16 heavy (non-hydrogen) atoms. The summed E-state index contributed by atoms with van der Waals surface area (Å²) in [5.74, 6) is 0. The SMILES string of the molecule is Cc1nccc2ccc(C(C)(C)CO)cc12. The van der Waals surface area contributed by atoms with Crippen LogP contribution in [0, 0.1) is 6.92 Å². The normalized spacial score (nSPS) is 12.0. The van der Waals surface area contributed by atoms with Gasteiger partial charge >= 0.3 is 0 Å². The number of hydrogen-bond acceptors (Lipinski definition) is 2. The van der Waals surface area contributed by atoms with Gasteiger partial charge in [-0.2, -0.15) is 0 Å². The fraction of sp³-hybridized carbons (Fsp3) is 0.357. The summed E-state index contributed by atoms with van der Waals surface area (Å²) >= 11 is 0. The summed E-state index contributed by atoms with van der Waals surface area (Å²) in [6.07, 6.45) is 1.83. The van der Waals surface area contributed by atoms with E-state index in [-0.39, 0.29) is 12.0 Å². The molecule has 1 aromatic heterocycles. The van der Waals surface area contributed by atoms with E-state index in [9.17, 15) is 5.11 Å². The number of aromatic nitrogens is 1. The lowest BCUT2D eigenvalue weighted by molar-refractivity contribution is 0.218. The highest BCUT2D eigenvalue weighted by Crippen LogP contribution is 2.27. The Bertz CT molecular complexity index is 517. The average Bonchev–Trinajstić information content (AvgIpc) is 2.29. The first-order valence-corrected chi connectivity index (χ1v) is 5.51. The van der Waals surface area contributed by atoms with E-state index < -0.39 is 0 Å². The number of pyridine rings is 1. The van der Waals surface area contributed by atoms with Crippen LogP contribution in [0.1, 0.15) is 25.1 Å². The molecule has 0 bridgehead atoms. The van der Waals surface area contributed by atoms with Crippen molar-refractivity contribution in [3.05, 3.63) is 41.7 Å². The van der Waals surface area contributed by atoms with Crippen molar-refractivity contribution in [2.24, 2.45) is 0 Å². The number of aryl methyl sites for hydroxylation is 1. The molecule has 0 atom stereocenters. The van der Waals surface area contributed by atoms with Crippen LogP contribution < -0.4 is 0 Å². The third-order valence-electron chi connectivity index (χ3n) is 3.14. The van der Waals surface area contributed by atoms with E-state index in [0.29, 0.717) is 0 Å². The molecule has 0 aliphatic carbocycles. The molecule has 0 spiro atoms. The highest BCUT2D eigenvalue weighted by molar-refractivity contribution is 5.85. The van der Waals surface area contributed by atoms with Gasteiger partial charge in [0.25, 0.3) is 0 Å². The van der Waals surface area contributed by atoms with Gasteiger partial charge in [0.05, 0.1) is 6.61 Å². The zero-order valence-electron chi connectivity index (χ0n) is 9.99. The van der Waals surface area contributed by atoms with Gasteiger partial charge in [-0.3, -0.25) is 4.98 Å². The van der Waals surface area contributed by atoms with Crippen LogP contribution in [0.5, 0.6) is 0 Å². The summed E-state index contributed by atoms with van der Waals surface area (Å²) in [5, 5.41) is 11.7. The van der Waals surface area contributed by atoms with Crippen LogP contribution in [0.3, 0.4) is 0 Å². The summed E-state index contributed by atoms with van der Waals surface area (Å²) in [7, 11) is 0. The summed E-state index contributed by atoms with van der Waals surface area (Å²) in [4.78, 5) is 4.29. The zero-order chi connectivity index (χ0) is 11.8. The number of fused-ring (bicyclic) bond motifs is 1. The summed E-state index contributed by atoms with van der Waals surface area (Å²) < 4.78 is 0. The molecule has 0 aliphatic rings. The molecule has 0 unspecified atom stereocenters. The number of nitrogens with zero attached hydrogens (tertiary/aromatic N) is 1. The quantitative estimate of drug-likeness (QED) is 0.835. The molecular formula is C14H17NO. The second-order valence-corrected chi connectivity index (χ2v) is 4.87. The second-order valence-electron chi connectivity index (χ2n) is 4.87. The van der Waals surface area contributed by atoms with Gasteiger partial charge in [-0.25, -0.2) is 0 Å². The fourth-order valence-corrected chi connectivity index (χ4v) is 1.83. The Morgan fingerprint density at radius 2 is 2.00 bits per heavy atom. The molecule has 2 heteroatoms. The van der Waals surface area contributed by atoms with Crippen molar-refractivity contribution < 1.29 is 5.11 Å². The third kappa shape index (κ3) is 1.81. The highest BCUT2D eigenvalue weighted by Gasteiger charge is 2.19. The van der Waals surface area contributed by atoms with Gasteiger partial charge in [-0.1, -0.05) is 26.0 Å². The molecule has 1 N–H and O–H groups in total. The van der Waals surface area contributed by atoms with Gasteiger partial charge in [-0.15, -0.1) is 0 Å². The minimum Gasteiger partial charge on any atom is -0.395 e. The maximum absolute atomic E-state index is 9.37. The van der Waals surface area contributed by atoms with E-state index in [1.165, 1.54) is 10.8 Å². The molecule has 0 aliphatic heterocycles. The van der Waals surface area contributed by atoms with Crippen molar-refractivity contribution in [1.82, 2.24) is 4.98 Å². The summed E-state index contributed by atoms with van der Waals surface area (Å²) in [6, 6.07) is 8.32. The minimum atomic E-state index is -0.198. The second kappa shape index (κ2) is 3.87. The maximum Gasteiger partial charge on any atom is 0.0522 e. The average molecular weight is 215 g/mol. The molecule has 0 saturated carbocycles. The fourth-order valence-electron chi connectivity index (χ4n) is 1.83. The van der Waals surface area contributed by atoms with Crippen molar-refractivity contribution in [3.8, 4) is 0 Å². The number of benzene rings is 1. The predicted molar refractivity (Wildman–Crippen MR) is 66.6 cm³/mol. The number of aliphatic hydroxyl groups is 1. The Morgan fingerprint density at radius 3 is 2.69 bits per heavy atom. The van der Waals surface area contributed by atoms with E-state index in [1.807, 2.05) is 33.0 Å². The Hall–Kier alpha value is -1.41. The lowest BCUT2D eigenvalue weighted by Crippen LogP contribution is -2.21. The summed E-state index contributed by atoms with van der Waals surface area (Å²) in [6.45, 7) is 6.25. The molecular weight excluding hydrogens is 198 g/mol. The van der Waals surface area contributed by atoms with Crippen LogP contribution in [0.15, 0.2) is 30.5 Å². The standard InChI is InChI=1S/C14H17NO/c1-10-13-8-12(14(2,3)9-16)5-4-11(13)6-7-15-10/h4-8,16H,9H2,1-3H3. The first kappa shape index (κ1) is 11.1. The topological polar surface area (TPSA) is 33.1 Å². The minimum absolute atomic E-state index is 0.151. The van der Waals surface area contributed by atoms with Gasteiger partial charge < -0.3 is 5.11 Å². The molecule has 1 heterocycles. The van der Waals surface area contributed by atoms with Crippen LogP contribution in [0.4, 0.5) is 0 Å². The Labute approximate surface area is 96.0 Å². The zero-order valence-corrected chi connectivity index (χ0v) is 9.99. The van der Waals surface area contributed by atoms with Gasteiger partial charge in [0.15, 0.2) is 0 Å². The lowest BCUT2D eigenvalue weighted by atomic mass is 9.84. The van der Waals surface area contributed by atoms with Crippen LogP contribution in [0.25, 0.3) is 10.8 Å². The van der Waals surface area contributed by atoms with Gasteiger partial charge in [0, 0.05) is 22.7 Å². The number of aliphatic hydroxyl groups excluding tert-OH is 1. The van der Waals surface area contributed by atoms with E-state index in [0.717, 1.165) is 11.3 Å². The van der Waals surface area contributed by atoms with Crippen molar-refractivity contribution >= 4 is 10.8 Å². The van der Waals surface area contributed by atoms with Crippen LogP contribution >= 0.6 is 0 Å². The Balaban J connectivity index is 2.64. The first-order valence-electron chi connectivity index (χ1n) is 5.51. The monoisotopic (exact) mass is 215 g/mol. The maximum atomic E-state index is 9.37. The summed E-state index contributed by atoms with van der Waals surface area (Å²) in [5.41, 5.74) is 1.99. The largest absolute Gasteiger partial charge is 0.395 e. The van der Waals surface area contributed by atoms with Gasteiger partial charge in [-0.05, 0) is 30.0 Å². The molecule has 0 saturated heterocycles. The molecule has 0 radical (unpaired) electrons. The van der Waals surface area contributed by atoms with Crippen molar-refractivity contribution in [2.75, 3.05) is 6.61 Å². The molecule has 2 nitrogen and oxygen atoms in total. The number of rotatable bonds is 2. The van der Waals surface area contributed by atoms with E-state index in [1.54, 1.807) is 0 Å². The van der Waals surface area contributed by atoms with Crippen molar-refractivity contribution in [2.45, 2.75) is 26.2 Å². The predicted octanol–water partition coefficient (Wildman–Crippen LogP) is 2.81. The van der Waals surface area contributed by atoms with Crippen LogP contribution in [-0.4, -0.2) is 16.7 Å². The third-order valence-corrected chi connectivity index (χ3v) is 3.14. The Kier molecular flexibility index (Phi) is 2.68. The van der Waals surface area contributed by atoms with Crippen molar-refractivity contribution in [3.63, 3.8) is 0 Å². The van der Waals surface area contributed by atoms with E-state index in [2.05, 4.69) is 23.2 Å². The molecule has 0 amide bonds. The molecule has 2 aromatic rings. The molecule has 2 rings (SSSR count). The lowest BCUT2D eigenvalue weighted by Gasteiger charge is -2.22. The first-order chi connectivity index (χ1) is 7.54. The van der Waals surface area contributed by atoms with Gasteiger partial charge in [0.2, 0.25) is 0 Å². The number of hydrogen-bond donors (Lipinski definition) is 1. The van der Waals surface area contributed by atoms with Crippen molar-refractivity contribution in [1.29, 1.82) is 0 Å². The Morgan fingerprint density at radius 1 is 1.25 bits per heavy atom. The van der Waals surface area contributed by atoms with Gasteiger partial charge in [0.1, 0.15) is 0 Å². The van der Waals surface area contributed by atoms with E-state index >= 15 is 0 Å². The molecule has 0 fully saturated rings. The van der Waals surface area contributed by atoms with E-state index in [4.69, 9.17) is 0 Å². The molecule has 84 valence electrons. The molecule has 1 aromatic carbocycles. The van der Waals surface area contributed by atoms with Crippen LogP contribution in [0.2, 0.25) is 0 Å². The smallest absolute Gasteiger partial charge is 0.0522 e. The highest BCUT2D eigenvalue weighted by atomic mass is 16.3.